The summed E-state index contributed by atoms with van der Waals surface area (Å²) in [5.74, 6) is 0.872. The van der Waals surface area contributed by atoms with Crippen molar-refractivity contribution in [3.8, 4) is 0 Å². The molecule has 4 heteroatoms. The van der Waals surface area contributed by atoms with E-state index in [1.807, 2.05) is 30.9 Å². The van der Waals surface area contributed by atoms with Crippen molar-refractivity contribution in [3.05, 3.63) is 18.0 Å². The lowest BCUT2D eigenvalue weighted by Crippen LogP contribution is -2.40. The number of nitrogens with one attached hydrogen (secondary N) is 1. The molecule has 0 aromatic carbocycles. The highest BCUT2D eigenvalue weighted by atomic mass is 32.2. The van der Waals surface area contributed by atoms with Crippen LogP contribution in [0, 0.1) is 12.8 Å². The summed E-state index contributed by atoms with van der Waals surface area (Å²) in [5, 5.41) is 4.99. The first kappa shape index (κ1) is 13.8. The normalized spacial score (nSPS) is 28.3. The fraction of sp³-hybridized carbons (Fsp3) is 0.714. The molecule has 0 radical (unpaired) electrons. The highest BCUT2D eigenvalue weighted by Crippen LogP contribution is 2.36. The van der Waals surface area contributed by atoms with Crippen LogP contribution in [0.4, 0.5) is 0 Å². The number of nitrogens with zero attached hydrogens (tertiary/aromatic N) is 2. The van der Waals surface area contributed by atoms with Crippen molar-refractivity contribution in [3.63, 3.8) is 0 Å². The van der Waals surface area contributed by atoms with Gasteiger partial charge < -0.3 is 5.32 Å². The molecule has 3 atom stereocenters. The molecule has 0 spiro atoms. The summed E-state index contributed by atoms with van der Waals surface area (Å²) >= 11 is 1.85. The molecule has 0 saturated heterocycles. The number of aromatic nitrogens is 2. The van der Waals surface area contributed by atoms with Gasteiger partial charge in [-0.2, -0.15) is 0 Å². The third-order valence-electron chi connectivity index (χ3n) is 3.88. The molecule has 100 valence electrons. The van der Waals surface area contributed by atoms with E-state index in [-0.39, 0.29) is 0 Å². The molecule has 0 amide bonds. The van der Waals surface area contributed by atoms with Crippen molar-refractivity contribution < 1.29 is 0 Å². The molecule has 1 aliphatic carbocycles. The van der Waals surface area contributed by atoms with Gasteiger partial charge in [-0.05, 0) is 45.2 Å². The summed E-state index contributed by atoms with van der Waals surface area (Å²) in [5.41, 5.74) is 1.05. The molecule has 3 unspecified atom stereocenters. The van der Waals surface area contributed by atoms with E-state index in [1.165, 1.54) is 25.7 Å². The summed E-state index contributed by atoms with van der Waals surface area (Å²) in [4.78, 5) is 8.89. The van der Waals surface area contributed by atoms with Crippen molar-refractivity contribution in [2.24, 2.45) is 5.92 Å². The van der Waals surface area contributed by atoms with Gasteiger partial charge in [0.05, 0.1) is 0 Å². The van der Waals surface area contributed by atoms with Crippen LogP contribution in [0.15, 0.2) is 17.4 Å². The molecule has 0 bridgehead atoms. The van der Waals surface area contributed by atoms with Gasteiger partial charge >= 0.3 is 0 Å². The fourth-order valence-corrected chi connectivity index (χ4v) is 4.06. The Kier molecular flexibility index (Phi) is 5.01. The molecule has 1 aromatic rings. The zero-order valence-electron chi connectivity index (χ0n) is 11.5. The minimum atomic E-state index is 0.599. The number of rotatable bonds is 4. The lowest BCUT2D eigenvalue weighted by molar-refractivity contribution is 0.304. The van der Waals surface area contributed by atoms with Gasteiger partial charge in [0, 0.05) is 23.2 Å². The van der Waals surface area contributed by atoms with E-state index in [0.717, 1.165) is 16.8 Å². The number of hydrogen-bond acceptors (Lipinski definition) is 4. The largest absolute Gasteiger partial charge is 0.316 e. The van der Waals surface area contributed by atoms with Gasteiger partial charge in [-0.1, -0.05) is 25.1 Å². The van der Waals surface area contributed by atoms with Crippen LogP contribution in [0.25, 0.3) is 0 Å². The Hall–Kier alpha value is -0.610. The van der Waals surface area contributed by atoms with Gasteiger partial charge in [0.25, 0.3) is 0 Å². The molecule has 2 rings (SSSR count). The highest BCUT2D eigenvalue weighted by molar-refractivity contribution is 7.99. The number of aryl methyl sites for hydroxylation is 1. The standard InChI is InChI=1S/C14H23N3S/c1-4-11-5-6-12(15-3)13(9-11)18-14-16-8-7-10(2)17-14/h7-8,11-13,15H,4-6,9H2,1-3H3. The zero-order chi connectivity index (χ0) is 13.0. The Labute approximate surface area is 114 Å². The molecule has 0 aliphatic heterocycles. The van der Waals surface area contributed by atoms with Gasteiger partial charge in [0.15, 0.2) is 5.16 Å². The molecule has 1 aliphatic rings. The summed E-state index contributed by atoms with van der Waals surface area (Å²) in [6, 6.07) is 2.55. The predicted molar refractivity (Wildman–Crippen MR) is 76.9 cm³/mol. The van der Waals surface area contributed by atoms with E-state index in [0.29, 0.717) is 11.3 Å². The lowest BCUT2D eigenvalue weighted by Gasteiger charge is -2.34. The first-order valence-corrected chi connectivity index (χ1v) is 7.74. The van der Waals surface area contributed by atoms with Gasteiger partial charge in [0.2, 0.25) is 0 Å². The van der Waals surface area contributed by atoms with E-state index in [9.17, 15) is 0 Å². The topological polar surface area (TPSA) is 37.8 Å². The Morgan fingerprint density at radius 1 is 1.44 bits per heavy atom. The van der Waals surface area contributed by atoms with E-state index >= 15 is 0 Å². The average Bonchev–Trinajstić information content (AvgIpc) is 2.38. The minimum absolute atomic E-state index is 0.599. The van der Waals surface area contributed by atoms with Gasteiger partial charge in [0.1, 0.15) is 0 Å². The third-order valence-corrected chi connectivity index (χ3v) is 5.11. The predicted octanol–water partition coefficient (Wildman–Crippen LogP) is 3.04. The molecule has 1 aromatic heterocycles. The van der Waals surface area contributed by atoms with E-state index in [4.69, 9.17) is 0 Å². The monoisotopic (exact) mass is 265 g/mol. The third kappa shape index (κ3) is 3.45. The van der Waals surface area contributed by atoms with Crippen LogP contribution in [-0.4, -0.2) is 28.3 Å². The quantitative estimate of drug-likeness (QED) is 0.849. The van der Waals surface area contributed by atoms with Crippen molar-refractivity contribution in [2.45, 2.75) is 56.0 Å². The van der Waals surface area contributed by atoms with Crippen LogP contribution in [0.2, 0.25) is 0 Å². The van der Waals surface area contributed by atoms with E-state index in [2.05, 4.69) is 29.3 Å². The molecule has 18 heavy (non-hydrogen) atoms. The second-order valence-electron chi connectivity index (χ2n) is 5.12. The maximum Gasteiger partial charge on any atom is 0.188 e. The van der Waals surface area contributed by atoms with Crippen LogP contribution in [0.3, 0.4) is 0 Å². The first-order valence-electron chi connectivity index (χ1n) is 6.86. The Balaban J connectivity index is 2.04. The van der Waals surface area contributed by atoms with Gasteiger partial charge in [-0.3, -0.25) is 0 Å². The summed E-state index contributed by atoms with van der Waals surface area (Å²) in [7, 11) is 2.07. The minimum Gasteiger partial charge on any atom is -0.316 e. The molecule has 1 fully saturated rings. The van der Waals surface area contributed by atoms with Crippen LogP contribution in [0.5, 0.6) is 0 Å². The second kappa shape index (κ2) is 6.53. The smallest absolute Gasteiger partial charge is 0.188 e. The summed E-state index contributed by atoms with van der Waals surface area (Å²) < 4.78 is 0. The maximum absolute atomic E-state index is 4.51. The average molecular weight is 265 g/mol. The molecule has 1 N–H and O–H groups in total. The van der Waals surface area contributed by atoms with E-state index < -0.39 is 0 Å². The first-order chi connectivity index (χ1) is 8.72. The van der Waals surface area contributed by atoms with Crippen molar-refractivity contribution in [1.29, 1.82) is 0 Å². The van der Waals surface area contributed by atoms with Crippen LogP contribution >= 0.6 is 11.8 Å². The zero-order valence-corrected chi connectivity index (χ0v) is 12.3. The van der Waals surface area contributed by atoms with Crippen LogP contribution in [0.1, 0.15) is 38.3 Å². The molecular formula is C14H23N3S. The van der Waals surface area contributed by atoms with Crippen LogP contribution in [-0.2, 0) is 0 Å². The van der Waals surface area contributed by atoms with Crippen molar-refractivity contribution >= 4 is 11.8 Å². The van der Waals surface area contributed by atoms with Gasteiger partial charge in [-0.25, -0.2) is 9.97 Å². The summed E-state index contributed by atoms with van der Waals surface area (Å²) in [6.45, 7) is 4.33. The molecule has 1 heterocycles. The second-order valence-corrected chi connectivity index (χ2v) is 6.33. The number of hydrogen-bond donors (Lipinski definition) is 1. The SMILES string of the molecule is CCC1CCC(NC)C(Sc2nccc(C)n2)C1. The molecule has 3 nitrogen and oxygen atoms in total. The molecule has 1 saturated carbocycles. The lowest BCUT2D eigenvalue weighted by atomic mass is 9.84. The highest BCUT2D eigenvalue weighted by Gasteiger charge is 2.30. The van der Waals surface area contributed by atoms with Crippen molar-refractivity contribution in [1.82, 2.24) is 15.3 Å². The summed E-state index contributed by atoms with van der Waals surface area (Å²) in [6.07, 6.45) is 7.07. The Morgan fingerprint density at radius 2 is 2.28 bits per heavy atom. The van der Waals surface area contributed by atoms with Gasteiger partial charge in [-0.15, -0.1) is 0 Å². The van der Waals surface area contributed by atoms with E-state index in [1.54, 1.807) is 0 Å². The number of thioether (sulfide) groups is 1. The Morgan fingerprint density at radius 3 is 2.94 bits per heavy atom. The van der Waals surface area contributed by atoms with Crippen molar-refractivity contribution in [2.75, 3.05) is 7.05 Å². The fourth-order valence-electron chi connectivity index (χ4n) is 2.66. The molecular weight excluding hydrogens is 242 g/mol. The van der Waals surface area contributed by atoms with Crippen LogP contribution < -0.4 is 5.32 Å². The maximum atomic E-state index is 4.51. The Bertz CT molecular complexity index is 383.